The van der Waals surface area contributed by atoms with E-state index in [0.717, 1.165) is 55.6 Å². The average molecular weight is 904 g/mol. The number of thiazole rings is 1. The molecule has 0 radical (unpaired) electrons. The van der Waals surface area contributed by atoms with Crippen LogP contribution >= 0.6 is 22.7 Å². The Kier molecular flexibility index (Phi) is 9.89. The van der Waals surface area contributed by atoms with Gasteiger partial charge in [0.15, 0.2) is 0 Å². The first kappa shape index (κ1) is 40.0. The molecular weight excluding hydrogens is 863 g/mol. The molecule has 68 heavy (non-hydrogen) atoms. The minimum absolute atomic E-state index is 0.992. The van der Waals surface area contributed by atoms with E-state index in [2.05, 4.69) is 259 Å². The zero-order valence-electron chi connectivity index (χ0n) is 36.8. The van der Waals surface area contributed by atoms with Gasteiger partial charge in [0.1, 0.15) is 5.01 Å². The SMILES string of the molecule is c1ccc(-c2ccccc2-c2ccc(N(c3cccc(-c4nc5c6ccc(N(c7ccccc7)c7ccccc7)cc6c6ccccc6c5s4)c3)c3ccc4sc5ccccc5c4c3)cc2)cc1. The lowest BCUT2D eigenvalue weighted by Gasteiger charge is -2.26. The van der Waals surface area contributed by atoms with Crippen molar-refractivity contribution in [3.05, 3.63) is 249 Å². The number of aromatic nitrogens is 1. The molecule has 13 aromatic rings. The summed E-state index contributed by atoms with van der Waals surface area (Å²) < 4.78 is 3.78. The molecule has 0 spiro atoms. The molecule has 0 N–H and O–H groups in total. The number of hydrogen-bond acceptors (Lipinski definition) is 5. The molecule has 0 aliphatic heterocycles. The Bertz CT molecular complexity index is 3930. The van der Waals surface area contributed by atoms with E-state index >= 15 is 0 Å². The summed E-state index contributed by atoms with van der Waals surface area (Å²) in [5.74, 6) is 0. The van der Waals surface area contributed by atoms with Crippen LogP contribution in [0.15, 0.2) is 249 Å². The van der Waals surface area contributed by atoms with E-state index in [-0.39, 0.29) is 0 Å². The second kappa shape index (κ2) is 16.8. The van der Waals surface area contributed by atoms with E-state index in [0.29, 0.717) is 0 Å². The van der Waals surface area contributed by atoms with E-state index in [1.807, 2.05) is 11.3 Å². The molecule has 0 aliphatic carbocycles. The van der Waals surface area contributed by atoms with E-state index in [4.69, 9.17) is 4.98 Å². The van der Waals surface area contributed by atoms with Crippen molar-refractivity contribution in [3.8, 4) is 32.8 Å². The number of nitrogens with zero attached hydrogens (tertiary/aromatic N) is 3. The van der Waals surface area contributed by atoms with Gasteiger partial charge in [0, 0.05) is 70.6 Å². The molecule has 11 aromatic carbocycles. The first-order chi connectivity index (χ1) is 33.7. The molecule has 5 heteroatoms. The number of rotatable bonds is 9. The van der Waals surface area contributed by atoms with Gasteiger partial charge in [-0.1, -0.05) is 164 Å². The van der Waals surface area contributed by atoms with Gasteiger partial charge in [-0.15, -0.1) is 22.7 Å². The summed E-state index contributed by atoms with van der Waals surface area (Å²) >= 11 is 3.62. The van der Waals surface area contributed by atoms with Crippen LogP contribution in [0, 0.1) is 0 Å². The molecule has 2 heterocycles. The lowest BCUT2D eigenvalue weighted by Crippen LogP contribution is -2.10. The summed E-state index contributed by atoms with van der Waals surface area (Å²) in [5.41, 5.74) is 13.5. The fraction of sp³-hybridized carbons (Fsp3) is 0. The number of thiophene rings is 1. The number of hydrogen-bond donors (Lipinski definition) is 0. The Hall–Kier alpha value is -8.35. The van der Waals surface area contributed by atoms with Crippen molar-refractivity contribution in [2.75, 3.05) is 9.80 Å². The Balaban J connectivity index is 0.944. The molecule has 0 saturated heterocycles. The predicted octanol–water partition coefficient (Wildman–Crippen LogP) is 18.9. The Morgan fingerprint density at radius 3 is 1.49 bits per heavy atom. The van der Waals surface area contributed by atoms with E-state index < -0.39 is 0 Å². The van der Waals surface area contributed by atoms with Crippen LogP contribution in [-0.4, -0.2) is 4.98 Å². The quantitative estimate of drug-likeness (QED) is 0.135. The maximum atomic E-state index is 5.53. The monoisotopic (exact) mass is 903 g/mol. The van der Waals surface area contributed by atoms with E-state index in [1.165, 1.54) is 63.3 Å². The van der Waals surface area contributed by atoms with Gasteiger partial charge < -0.3 is 9.80 Å². The molecule has 0 fully saturated rings. The van der Waals surface area contributed by atoms with Gasteiger partial charge in [-0.3, -0.25) is 0 Å². The lowest BCUT2D eigenvalue weighted by molar-refractivity contribution is 1.29. The highest BCUT2D eigenvalue weighted by Crippen LogP contribution is 2.46. The third kappa shape index (κ3) is 6.99. The minimum Gasteiger partial charge on any atom is -0.310 e. The van der Waals surface area contributed by atoms with Crippen molar-refractivity contribution in [2.45, 2.75) is 0 Å². The highest BCUT2D eigenvalue weighted by molar-refractivity contribution is 7.25. The van der Waals surface area contributed by atoms with Crippen molar-refractivity contribution < 1.29 is 0 Å². The molecule has 0 bridgehead atoms. The zero-order valence-corrected chi connectivity index (χ0v) is 38.5. The van der Waals surface area contributed by atoms with Gasteiger partial charge in [-0.05, 0) is 118 Å². The highest BCUT2D eigenvalue weighted by Gasteiger charge is 2.21. The summed E-state index contributed by atoms with van der Waals surface area (Å²) in [4.78, 5) is 10.3. The standard InChI is InChI=1S/C63H41N3S2/c1-4-17-42(18-5-1)51-25-10-11-26-52(51)43-31-33-47(34-32-43)66(50-36-38-60-58(41-50)54-28-14-15-30-59(54)67-60)48-24-16-19-44(39-48)63-64-61-55-37-35-49(40-57(55)53-27-12-13-29-56(53)62(61)68-63)65(45-20-6-2-7-21-45)46-22-8-3-9-23-46/h1-41H. The Morgan fingerprint density at radius 1 is 0.279 bits per heavy atom. The predicted molar refractivity (Wildman–Crippen MR) is 293 cm³/mol. The van der Waals surface area contributed by atoms with Gasteiger partial charge >= 0.3 is 0 Å². The molecule has 0 aliphatic rings. The van der Waals surface area contributed by atoms with Gasteiger partial charge in [-0.25, -0.2) is 4.98 Å². The molecule has 2 aromatic heterocycles. The highest BCUT2D eigenvalue weighted by atomic mass is 32.1. The summed E-state index contributed by atoms with van der Waals surface area (Å²) in [5, 5.41) is 8.31. The molecular formula is C63H41N3S2. The fourth-order valence-corrected chi connectivity index (χ4v) is 12.1. The number of para-hydroxylation sites is 2. The Morgan fingerprint density at radius 2 is 0.765 bits per heavy atom. The lowest BCUT2D eigenvalue weighted by atomic mass is 9.94. The largest absolute Gasteiger partial charge is 0.310 e. The maximum absolute atomic E-state index is 5.53. The molecule has 320 valence electrons. The molecule has 13 rings (SSSR count). The molecule has 0 saturated carbocycles. The number of anilines is 6. The van der Waals surface area contributed by atoms with Crippen molar-refractivity contribution in [3.63, 3.8) is 0 Å². The average Bonchev–Trinajstić information content (AvgIpc) is 4.03. The molecule has 0 atom stereocenters. The minimum atomic E-state index is 0.992. The Labute approximate surface area is 402 Å². The second-order valence-corrected chi connectivity index (χ2v) is 19.2. The first-order valence-corrected chi connectivity index (χ1v) is 24.6. The second-order valence-electron chi connectivity index (χ2n) is 17.1. The molecule has 3 nitrogen and oxygen atoms in total. The summed E-state index contributed by atoms with van der Waals surface area (Å²) in [7, 11) is 0. The molecule has 0 amide bonds. The van der Waals surface area contributed by atoms with Crippen LogP contribution in [0.3, 0.4) is 0 Å². The smallest absolute Gasteiger partial charge is 0.124 e. The van der Waals surface area contributed by atoms with Crippen molar-refractivity contribution in [1.82, 2.24) is 4.98 Å². The summed E-state index contributed by atoms with van der Waals surface area (Å²) in [6, 6.07) is 89.9. The van der Waals surface area contributed by atoms with Crippen LogP contribution < -0.4 is 9.80 Å². The maximum Gasteiger partial charge on any atom is 0.124 e. The van der Waals surface area contributed by atoms with Gasteiger partial charge in [0.2, 0.25) is 0 Å². The van der Waals surface area contributed by atoms with Gasteiger partial charge in [0.25, 0.3) is 0 Å². The van der Waals surface area contributed by atoms with Crippen LogP contribution in [0.2, 0.25) is 0 Å². The van der Waals surface area contributed by atoms with Crippen molar-refractivity contribution >= 4 is 109 Å². The first-order valence-electron chi connectivity index (χ1n) is 22.9. The number of benzene rings is 11. The van der Waals surface area contributed by atoms with E-state index in [1.54, 1.807) is 11.3 Å². The number of fused-ring (bicyclic) bond motifs is 9. The van der Waals surface area contributed by atoms with E-state index in [9.17, 15) is 0 Å². The molecule has 0 unspecified atom stereocenters. The zero-order chi connectivity index (χ0) is 45.0. The normalized spacial score (nSPS) is 11.5. The van der Waals surface area contributed by atoms with Crippen LogP contribution in [0.1, 0.15) is 0 Å². The van der Waals surface area contributed by atoms with Gasteiger partial charge in [-0.2, -0.15) is 0 Å². The topological polar surface area (TPSA) is 19.4 Å². The van der Waals surface area contributed by atoms with Crippen molar-refractivity contribution in [2.24, 2.45) is 0 Å². The van der Waals surface area contributed by atoms with Crippen LogP contribution in [0.4, 0.5) is 34.1 Å². The summed E-state index contributed by atoms with van der Waals surface area (Å²) in [6.45, 7) is 0. The third-order valence-electron chi connectivity index (χ3n) is 13.1. The van der Waals surface area contributed by atoms with Crippen molar-refractivity contribution in [1.29, 1.82) is 0 Å². The summed E-state index contributed by atoms with van der Waals surface area (Å²) in [6.07, 6.45) is 0. The van der Waals surface area contributed by atoms with Crippen LogP contribution in [-0.2, 0) is 0 Å². The fourth-order valence-electron chi connectivity index (χ4n) is 9.90. The van der Waals surface area contributed by atoms with Crippen LogP contribution in [0.25, 0.3) is 84.8 Å². The third-order valence-corrected chi connectivity index (χ3v) is 15.3. The van der Waals surface area contributed by atoms with Crippen LogP contribution in [0.5, 0.6) is 0 Å². The van der Waals surface area contributed by atoms with Gasteiger partial charge in [0.05, 0.1) is 10.2 Å².